The molecule has 0 radical (unpaired) electrons. The van der Waals surface area contributed by atoms with E-state index in [0.717, 1.165) is 22.8 Å². The molecule has 0 aromatic rings. The van der Waals surface area contributed by atoms with Crippen molar-refractivity contribution in [1.29, 1.82) is 0 Å². The smallest absolute Gasteiger partial charge is 0.328 e. The van der Waals surface area contributed by atoms with Crippen LogP contribution in [0.5, 0.6) is 0 Å². The molecule has 1 heterocycles. The highest BCUT2D eigenvalue weighted by Gasteiger charge is 2.44. The van der Waals surface area contributed by atoms with Gasteiger partial charge in [-0.3, -0.25) is 0 Å². The molecule has 0 aromatic heterocycles. The first-order chi connectivity index (χ1) is 17.3. The topological polar surface area (TPSA) is 157 Å². The van der Waals surface area contributed by atoms with Gasteiger partial charge in [-0.05, 0) is 53.0 Å². The Hall–Kier alpha value is -2.37. The molecule has 1 fully saturated rings. The summed E-state index contributed by atoms with van der Waals surface area (Å²) in [5.41, 5.74) is 1.55. The summed E-state index contributed by atoms with van der Waals surface area (Å²) < 4.78 is 11.5. The summed E-state index contributed by atoms with van der Waals surface area (Å²) >= 11 is 0. The largest absolute Gasteiger partial charge is 0.478 e. The SMILES string of the molecule is CC(C)=CC[C@@H](O[C@@H]1O[C@@H](CO)[C@H](O)[C@@H](O)[C@H]1O)/C(C)=C/C=C/C(C)=C/[C@](C)(O)C/C=C/C=C/C(=O)O. The van der Waals surface area contributed by atoms with Crippen LogP contribution >= 0.6 is 0 Å². The second-order valence-electron chi connectivity index (χ2n) is 9.68. The second kappa shape index (κ2) is 15.8. The van der Waals surface area contributed by atoms with Crippen molar-refractivity contribution in [2.45, 2.75) is 89.9 Å². The van der Waals surface area contributed by atoms with Crippen molar-refractivity contribution in [2.24, 2.45) is 0 Å². The minimum Gasteiger partial charge on any atom is -0.478 e. The molecule has 37 heavy (non-hydrogen) atoms. The van der Waals surface area contributed by atoms with Crippen molar-refractivity contribution in [3.63, 3.8) is 0 Å². The fourth-order valence-corrected chi connectivity index (χ4v) is 3.61. The highest BCUT2D eigenvalue weighted by molar-refractivity contribution is 5.80. The monoisotopic (exact) mass is 522 g/mol. The van der Waals surface area contributed by atoms with Crippen LogP contribution in [0.4, 0.5) is 0 Å². The highest BCUT2D eigenvalue weighted by atomic mass is 16.7. The molecular weight excluding hydrogens is 480 g/mol. The van der Waals surface area contributed by atoms with Gasteiger partial charge in [0.25, 0.3) is 0 Å². The number of carbonyl (C=O) groups is 1. The van der Waals surface area contributed by atoms with E-state index in [2.05, 4.69) is 0 Å². The Bertz CT molecular complexity index is 905. The Morgan fingerprint density at radius 1 is 1.03 bits per heavy atom. The van der Waals surface area contributed by atoms with Crippen LogP contribution in [0.1, 0.15) is 47.5 Å². The molecule has 9 nitrogen and oxygen atoms in total. The van der Waals surface area contributed by atoms with Gasteiger partial charge in [0.2, 0.25) is 0 Å². The Morgan fingerprint density at radius 2 is 1.70 bits per heavy atom. The van der Waals surface area contributed by atoms with Crippen LogP contribution in [0.25, 0.3) is 0 Å². The number of hydrogen-bond acceptors (Lipinski definition) is 8. The summed E-state index contributed by atoms with van der Waals surface area (Å²) in [6.45, 7) is 8.70. The van der Waals surface area contributed by atoms with Crippen LogP contribution in [0.15, 0.2) is 71.4 Å². The van der Waals surface area contributed by atoms with Crippen LogP contribution in [-0.4, -0.2) is 85.6 Å². The van der Waals surface area contributed by atoms with Crippen molar-refractivity contribution in [1.82, 2.24) is 0 Å². The average Bonchev–Trinajstić information content (AvgIpc) is 2.80. The number of hydrogen-bond donors (Lipinski definition) is 6. The predicted octanol–water partition coefficient (Wildman–Crippen LogP) is 2.31. The average molecular weight is 523 g/mol. The van der Waals surface area contributed by atoms with Gasteiger partial charge in [-0.2, -0.15) is 0 Å². The van der Waals surface area contributed by atoms with Crippen LogP contribution in [0.3, 0.4) is 0 Å². The summed E-state index contributed by atoms with van der Waals surface area (Å²) in [5, 5.41) is 59.0. The summed E-state index contributed by atoms with van der Waals surface area (Å²) in [6, 6.07) is 0. The summed E-state index contributed by atoms with van der Waals surface area (Å²) in [7, 11) is 0. The van der Waals surface area contributed by atoms with E-state index in [1.54, 1.807) is 31.2 Å². The quantitative estimate of drug-likeness (QED) is 0.121. The first-order valence-corrected chi connectivity index (χ1v) is 12.2. The molecular formula is C28H42O9. The van der Waals surface area contributed by atoms with Crippen molar-refractivity contribution in [3.8, 4) is 0 Å². The normalized spacial score (nSPS) is 28.1. The molecule has 9 heteroatoms. The Balaban J connectivity index is 2.95. The minimum absolute atomic E-state index is 0.300. The standard InChI is InChI=1S/C28H42O9/c1-18(2)13-14-21(36-27-26(34)25(33)24(32)22(17-29)37-27)20(4)11-9-10-19(3)16-28(5,35)15-8-6-7-12-23(30)31/h6-13,16,21-22,24-27,29,32-35H,14-15,17H2,1-5H3,(H,30,31)/b8-6+,10-9+,12-7+,19-16+,20-11+/t21-,22+,24+,25-,26-,27-,28-/m1/s1. The predicted molar refractivity (Wildman–Crippen MR) is 140 cm³/mol. The van der Waals surface area contributed by atoms with E-state index in [1.165, 1.54) is 6.08 Å². The zero-order valence-electron chi connectivity index (χ0n) is 22.2. The van der Waals surface area contributed by atoms with E-state index >= 15 is 0 Å². The van der Waals surface area contributed by atoms with Gasteiger partial charge in [0.05, 0.1) is 18.3 Å². The number of allylic oxidation sites excluding steroid dienone is 7. The third-order valence-electron chi connectivity index (χ3n) is 5.67. The fourth-order valence-electron chi connectivity index (χ4n) is 3.61. The number of ether oxygens (including phenoxy) is 2. The first-order valence-electron chi connectivity index (χ1n) is 12.2. The molecule has 0 aromatic carbocycles. The van der Waals surface area contributed by atoms with E-state index in [0.29, 0.717) is 12.8 Å². The van der Waals surface area contributed by atoms with Crippen LogP contribution in [0, 0.1) is 0 Å². The molecule has 0 spiro atoms. The summed E-state index contributed by atoms with van der Waals surface area (Å²) in [6.07, 6.45) is 8.25. The van der Waals surface area contributed by atoms with Crippen LogP contribution in [-0.2, 0) is 14.3 Å². The third kappa shape index (κ3) is 12.1. The van der Waals surface area contributed by atoms with Crippen molar-refractivity contribution >= 4 is 5.97 Å². The Labute approximate surface area is 219 Å². The summed E-state index contributed by atoms with van der Waals surface area (Å²) in [4.78, 5) is 10.5. The maximum absolute atomic E-state index is 10.6. The maximum atomic E-state index is 10.6. The molecule has 0 bridgehead atoms. The van der Waals surface area contributed by atoms with Crippen molar-refractivity contribution in [3.05, 3.63) is 71.4 Å². The minimum atomic E-state index is -1.52. The van der Waals surface area contributed by atoms with Crippen molar-refractivity contribution in [2.75, 3.05) is 6.61 Å². The number of rotatable bonds is 13. The molecule has 6 N–H and O–H groups in total. The van der Waals surface area contributed by atoms with Gasteiger partial charge < -0.3 is 40.1 Å². The van der Waals surface area contributed by atoms with E-state index in [-0.39, 0.29) is 0 Å². The highest BCUT2D eigenvalue weighted by Crippen LogP contribution is 2.26. The van der Waals surface area contributed by atoms with Crippen LogP contribution < -0.4 is 0 Å². The number of carboxylic acids is 1. The van der Waals surface area contributed by atoms with E-state index in [4.69, 9.17) is 14.6 Å². The summed E-state index contributed by atoms with van der Waals surface area (Å²) in [5.74, 6) is -1.04. The number of aliphatic hydroxyl groups is 5. The fraction of sp³-hybridized carbons (Fsp3) is 0.536. The van der Waals surface area contributed by atoms with E-state index in [9.17, 15) is 30.3 Å². The van der Waals surface area contributed by atoms with E-state index in [1.807, 2.05) is 45.9 Å². The van der Waals surface area contributed by atoms with E-state index < -0.39 is 55.0 Å². The van der Waals surface area contributed by atoms with Gasteiger partial charge >= 0.3 is 5.97 Å². The number of aliphatic hydroxyl groups excluding tert-OH is 4. The van der Waals surface area contributed by atoms with Gasteiger partial charge in [-0.15, -0.1) is 0 Å². The third-order valence-corrected chi connectivity index (χ3v) is 5.67. The van der Waals surface area contributed by atoms with Crippen molar-refractivity contribution < 1.29 is 44.9 Å². The van der Waals surface area contributed by atoms with Gasteiger partial charge in [-0.1, -0.05) is 59.8 Å². The molecule has 1 aliphatic heterocycles. The molecule has 0 aliphatic carbocycles. The molecule has 208 valence electrons. The lowest BCUT2D eigenvalue weighted by Crippen LogP contribution is -2.59. The molecule has 0 saturated carbocycles. The van der Waals surface area contributed by atoms with Gasteiger partial charge in [0.15, 0.2) is 6.29 Å². The zero-order valence-corrected chi connectivity index (χ0v) is 22.2. The zero-order chi connectivity index (χ0) is 28.2. The van der Waals surface area contributed by atoms with Gasteiger partial charge in [0.1, 0.15) is 24.4 Å². The van der Waals surface area contributed by atoms with Gasteiger partial charge in [0, 0.05) is 6.08 Å². The maximum Gasteiger partial charge on any atom is 0.328 e. The first kappa shape index (κ1) is 32.7. The molecule has 1 rings (SSSR count). The Morgan fingerprint density at radius 3 is 2.30 bits per heavy atom. The lowest BCUT2D eigenvalue weighted by molar-refractivity contribution is -0.308. The number of carboxylic acid groups (broad SMARTS) is 1. The lowest BCUT2D eigenvalue weighted by atomic mass is 9.98. The molecule has 7 atom stereocenters. The number of aliphatic carboxylic acids is 1. The van der Waals surface area contributed by atoms with Crippen LogP contribution in [0.2, 0.25) is 0 Å². The Kier molecular flexibility index (Phi) is 13.9. The van der Waals surface area contributed by atoms with Gasteiger partial charge in [-0.25, -0.2) is 4.79 Å². The lowest BCUT2D eigenvalue weighted by Gasteiger charge is -2.41. The molecule has 1 saturated heterocycles. The molecule has 0 amide bonds. The molecule has 0 unspecified atom stereocenters. The second-order valence-corrected chi connectivity index (χ2v) is 9.68. The molecule has 1 aliphatic rings.